The Morgan fingerprint density at radius 3 is 2.28 bits per heavy atom. The SMILES string of the molecule is C#CCCC(=O)CC1C(C)C(F)C(O)(C(=O)OC)OC1[C@H](OC(C)=O)[C@@H](CC)OC(C)=O. The van der Waals surface area contributed by atoms with Gasteiger partial charge in [-0.3, -0.25) is 14.4 Å². The molecule has 0 bridgehead atoms. The van der Waals surface area contributed by atoms with Gasteiger partial charge in [0.05, 0.1) is 7.11 Å². The predicted octanol–water partition coefficient (Wildman–Crippen LogP) is 1.48. The van der Waals surface area contributed by atoms with E-state index in [1.807, 2.05) is 0 Å². The number of hydrogen-bond acceptors (Lipinski definition) is 9. The Kier molecular flexibility index (Phi) is 10.3. The summed E-state index contributed by atoms with van der Waals surface area (Å²) in [6.45, 7) is 5.30. The van der Waals surface area contributed by atoms with Gasteiger partial charge in [0.15, 0.2) is 12.3 Å². The monoisotopic (exact) mass is 458 g/mol. The van der Waals surface area contributed by atoms with E-state index in [0.29, 0.717) is 0 Å². The average molecular weight is 458 g/mol. The van der Waals surface area contributed by atoms with Crippen molar-refractivity contribution in [3.8, 4) is 12.3 Å². The van der Waals surface area contributed by atoms with Crippen molar-refractivity contribution >= 4 is 23.7 Å². The third-order valence-electron chi connectivity index (χ3n) is 5.45. The highest BCUT2D eigenvalue weighted by molar-refractivity contribution is 5.80. The van der Waals surface area contributed by atoms with E-state index < -0.39 is 60.0 Å². The molecule has 1 heterocycles. The van der Waals surface area contributed by atoms with Gasteiger partial charge in [0.25, 0.3) is 5.79 Å². The third kappa shape index (κ3) is 6.50. The van der Waals surface area contributed by atoms with Gasteiger partial charge < -0.3 is 24.1 Å². The molecule has 1 fully saturated rings. The molecule has 1 aliphatic heterocycles. The lowest BCUT2D eigenvalue weighted by atomic mass is 9.74. The number of ketones is 1. The smallest absolute Gasteiger partial charge is 0.369 e. The molecular weight excluding hydrogens is 427 g/mol. The number of ether oxygens (including phenoxy) is 4. The quantitative estimate of drug-likeness (QED) is 0.294. The first kappa shape index (κ1) is 27.5. The first-order valence-corrected chi connectivity index (χ1v) is 10.3. The minimum absolute atomic E-state index is 0.0318. The number of aliphatic hydroxyl groups is 1. The van der Waals surface area contributed by atoms with Crippen molar-refractivity contribution in [2.45, 2.75) is 83.6 Å². The maximum Gasteiger partial charge on any atom is 0.369 e. The first-order valence-electron chi connectivity index (χ1n) is 10.3. The van der Waals surface area contributed by atoms with Gasteiger partial charge in [0.1, 0.15) is 18.0 Å². The lowest BCUT2D eigenvalue weighted by Gasteiger charge is -2.48. The highest BCUT2D eigenvalue weighted by atomic mass is 19.1. The second-order valence-electron chi connectivity index (χ2n) is 7.77. The Bertz CT molecular complexity index is 746. The molecule has 5 unspecified atom stereocenters. The largest absolute Gasteiger partial charge is 0.465 e. The zero-order valence-corrected chi connectivity index (χ0v) is 19.0. The zero-order valence-electron chi connectivity index (χ0n) is 19.0. The molecule has 1 saturated heterocycles. The molecule has 1 rings (SSSR count). The fraction of sp³-hybridized carbons (Fsp3) is 0.727. The summed E-state index contributed by atoms with van der Waals surface area (Å²) < 4.78 is 35.8. The van der Waals surface area contributed by atoms with Gasteiger partial charge in [-0.25, -0.2) is 9.18 Å². The molecule has 180 valence electrons. The molecule has 0 amide bonds. The summed E-state index contributed by atoms with van der Waals surface area (Å²) in [5.41, 5.74) is 0. The van der Waals surface area contributed by atoms with Crippen LogP contribution < -0.4 is 0 Å². The third-order valence-corrected chi connectivity index (χ3v) is 5.45. The summed E-state index contributed by atoms with van der Waals surface area (Å²) in [7, 11) is 0.947. The van der Waals surface area contributed by atoms with Crippen molar-refractivity contribution in [2.75, 3.05) is 7.11 Å². The van der Waals surface area contributed by atoms with Crippen LogP contribution in [-0.2, 0) is 38.1 Å². The van der Waals surface area contributed by atoms with Crippen LogP contribution in [0.4, 0.5) is 4.39 Å². The molecule has 10 heteroatoms. The standard InChI is InChI=1S/C22H31FO9/c1-7-9-10-15(26)11-16-12(3)20(23)22(28,21(27)29-6)32-18(16)19(31-14(5)25)17(8-2)30-13(4)24/h1,12,16-20,28H,8-11H2,2-6H3/t12?,16?,17-,18?,19-,20?,22?/m1/s1. The zero-order chi connectivity index (χ0) is 24.6. The van der Waals surface area contributed by atoms with Gasteiger partial charge in [-0.1, -0.05) is 13.8 Å². The summed E-state index contributed by atoms with van der Waals surface area (Å²) in [6, 6.07) is 0. The van der Waals surface area contributed by atoms with Crippen molar-refractivity contribution in [2.24, 2.45) is 11.8 Å². The molecule has 0 saturated carbocycles. The lowest BCUT2D eigenvalue weighted by molar-refractivity contribution is -0.322. The molecule has 0 spiro atoms. The Morgan fingerprint density at radius 1 is 1.22 bits per heavy atom. The molecule has 0 aromatic carbocycles. The molecule has 0 radical (unpaired) electrons. The Morgan fingerprint density at radius 2 is 1.81 bits per heavy atom. The maximum atomic E-state index is 15.2. The van der Waals surface area contributed by atoms with Crippen LogP contribution in [0.3, 0.4) is 0 Å². The summed E-state index contributed by atoms with van der Waals surface area (Å²) in [5.74, 6) is -5.82. The number of alkyl halides is 1. The highest BCUT2D eigenvalue weighted by Gasteiger charge is 2.61. The van der Waals surface area contributed by atoms with Crippen molar-refractivity contribution < 1.29 is 47.6 Å². The van der Waals surface area contributed by atoms with E-state index in [0.717, 1.165) is 21.0 Å². The molecule has 0 aromatic rings. The Balaban J connectivity index is 3.50. The maximum absolute atomic E-state index is 15.2. The van der Waals surface area contributed by atoms with Crippen molar-refractivity contribution in [1.29, 1.82) is 0 Å². The van der Waals surface area contributed by atoms with Crippen LogP contribution in [0.2, 0.25) is 0 Å². The van der Waals surface area contributed by atoms with Gasteiger partial charge in [-0.05, 0) is 12.3 Å². The molecule has 7 atom stereocenters. The van der Waals surface area contributed by atoms with Gasteiger partial charge in [-0.15, -0.1) is 12.3 Å². The molecule has 0 aliphatic carbocycles. The van der Waals surface area contributed by atoms with E-state index in [2.05, 4.69) is 10.7 Å². The average Bonchev–Trinajstić information content (AvgIpc) is 2.73. The second-order valence-corrected chi connectivity index (χ2v) is 7.77. The Labute approximate surface area is 186 Å². The van der Waals surface area contributed by atoms with Gasteiger partial charge in [-0.2, -0.15) is 0 Å². The van der Waals surface area contributed by atoms with Crippen LogP contribution in [-0.4, -0.2) is 66.2 Å². The summed E-state index contributed by atoms with van der Waals surface area (Å²) >= 11 is 0. The van der Waals surface area contributed by atoms with Crippen LogP contribution in [0.25, 0.3) is 0 Å². The second kappa shape index (κ2) is 11.9. The van der Waals surface area contributed by atoms with Gasteiger partial charge in [0, 0.05) is 39.0 Å². The molecule has 1 N–H and O–H groups in total. The summed E-state index contributed by atoms with van der Waals surface area (Å²) in [6.07, 6.45) is -0.648. The minimum Gasteiger partial charge on any atom is -0.465 e. The number of methoxy groups -OCH3 is 1. The fourth-order valence-electron chi connectivity index (χ4n) is 3.87. The number of esters is 3. The number of halogens is 1. The van der Waals surface area contributed by atoms with Crippen LogP contribution in [0.1, 0.15) is 53.4 Å². The number of hydrogen-bond donors (Lipinski definition) is 1. The molecule has 0 aromatic heterocycles. The summed E-state index contributed by atoms with van der Waals surface area (Å²) in [4.78, 5) is 48.1. The lowest BCUT2D eigenvalue weighted by Crippen LogP contribution is -2.65. The molecule has 32 heavy (non-hydrogen) atoms. The van der Waals surface area contributed by atoms with Crippen molar-refractivity contribution in [3.05, 3.63) is 0 Å². The van der Waals surface area contributed by atoms with Crippen molar-refractivity contribution in [3.63, 3.8) is 0 Å². The first-order chi connectivity index (χ1) is 14.9. The van der Waals surface area contributed by atoms with Gasteiger partial charge in [0.2, 0.25) is 0 Å². The van der Waals surface area contributed by atoms with Crippen LogP contribution in [0, 0.1) is 24.2 Å². The molecule has 9 nitrogen and oxygen atoms in total. The fourth-order valence-corrected chi connectivity index (χ4v) is 3.87. The topological polar surface area (TPSA) is 125 Å². The van der Waals surface area contributed by atoms with Crippen LogP contribution >= 0.6 is 0 Å². The highest BCUT2D eigenvalue weighted by Crippen LogP contribution is 2.43. The molecular formula is C22H31FO9. The van der Waals surface area contributed by atoms with Gasteiger partial charge >= 0.3 is 17.9 Å². The normalized spacial score (nSPS) is 29.2. The molecule has 1 aliphatic rings. The van der Waals surface area contributed by atoms with E-state index in [9.17, 15) is 24.3 Å². The number of rotatable bonds is 10. The van der Waals surface area contributed by atoms with Crippen LogP contribution in [0.15, 0.2) is 0 Å². The number of Topliss-reactive ketones (excluding diaryl/α,β-unsaturated/α-hetero) is 1. The van der Waals surface area contributed by atoms with E-state index >= 15 is 4.39 Å². The van der Waals surface area contributed by atoms with E-state index in [-0.39, 0.29) is 31.5 Å². The number of carbonyl (C=O) groups is 4. The van der Waals surface area contributed by atoms with Crippen molar-refractivity contribution in [1.82, 2.24) is 0 Å². The Hall–Kier alpha value is -2.51. The van der Waals surface area contributed by atoms with E-state index in [4.69, 9.17) is 20.6 Å². The van der Waals surface area contributed by atoms with Crippen LogP contribution in [0.5, 0.6) is 0 Å². The number of terminal acetylenes is 1. The summed E-state index contributed by atoms with van der Waals surface area (Å²) in [5, 5.41) is 10.7. The van der Waals surface area contributed by atoms with E-state index in [1.54, 1.807) is 6.92 Å². The van der Waals surface area contributed by atoms with E-state index in [1.165, 1.54) is 6.92 Å². The number of carbonyl (C=O) groups excluding carboxylic acids is 4. The predicted molar refractivity (Wildman–Crippen MR) is 108 cm³/mol. The minimum atomic E-state index is -3.01.